The zero-order valence-corrected chi connectivity index (χ0v) is 12.2. The first-order valence-electron chi connectivity index (χ1n) is 7.14. The van der Waals surface area contributed by atoms with Gasteiger partial charge in [-0.3, -0.25) is 0 Å². The molecule has 0 spiro atoms. The van der Waals surface area contributed by atoms with Gasteiger partial charge < -0.3 is 4.74 Å². The van der Waals surface area contributed by atoms with Crippen LogP contribution in [0.15, 0.2) is 66.4 Å². The van der Waals surface area contributed by atoms with E-state index in [-0.39, 0.29) is 5.92 Å². The second kappa shape index (κ2) is 6.14. The lowest BCUT2D eigenvalue weighted by atomic mass is 9.85. The molecule has 112 valence electrons. The number of rotatable bonds is 3. The average Bonchev–Trinajstić information content (AvgIpc) is 2.57. The predicted octanol–water partition coefficient (Wildman–Crippen LogP) is 5.07. The quantitative estimate of drug-likeness (QED) is 0.769. The lowest BCUT2D eigenvalue weighted by molar-refractivity contribution is 0.303. The summed E-state index contributed by atoms with van der Waals surface area (Å²) < 4.78 is 32.0. The minimum atomic E-state index is -0.831. The molecule has 3 rings (SSSR count). The fourth-order valence-corrected chi connectivity index (χ4v) is 2.71. The Kier molecular flexibility index (Phi) is 4.05. The van der Waals surface area contributed by atoms with Crippen molar-refractivity contribution in [2.24, 2.45) is 0 Å². The smallest absolute Gasteiger partial charge is 0.159 e. The molecule has 22 heavy (non-hydrogen) atoms. The minimum Gasteiger partial charge on any atom is -0.497 e. The number of ether oxygens (including phenoxy) is 1. The van der Waals surface area contributed by atoms with Gasteiger partial charge in [-0.2, -0.15) is 0 Å². The summed E-state index contributed by atoms with van der Waals surface area (Å²) in [5.74, 6) is -0.769. The minimum absolute atomic E-state index is 0.157. The van der Waals surface area contributed by atoms with E-state index in [9.17, 15) is 8.78 Å². The Balaban J connectivity index is 1.96. The van der Waals surface area contributed by atoms with Crippen molar-refractivity contribution in [1.29, 1.82) is 0 Å². The van der Waals surface area contributed by atoms with Gasteiger partial charge >= 0.3 is 0 Å². The number of methoxy groups -OCH3 is 1. The summed E-state index contributed by atoms with van der Waals surface area (Å²) in [5.41, 5.74) is 2.79. The third-order valence-corrected chi connectivity index (χ3v) is 3.88. The van der Waals surface area contributed by atoms with Gasteiger partial charge in [-0.25, -0.2) is 8.78 Å². The summed E-state index contributed by atoms with van der Waals surface area (Å²) in [5, 5.41) is 0. The molecule has 0 radical (unpaired) electrons. The van der Waals surface area contributed by atoms with Crippen molar-refractivity contribution in [1.82, 2.24) is 0 Å². The maximum absolute atomic E-state index is 13.5. The number of hydrogen-bond donors (Lipinski definition) is 0. The van der Waals surface area contributed by atoms with Crippen molar-refractivity contribution >= 4 is 5.57 Å². The van der Waals surface area contributed by atoms with Crippen molar-refractivity contribution in [2.75, 3.05) is 7.11 Å². The second-order valence-corrected chi connectivity index (χ2v) is 5.29. The van der Waals surface area contributed by atoms with Crippen molar-refractivity contribution in [3.63, 3.8) is 0 Å². The number of hydrogen-bond acceptors (Lipinski definition) is 1. The molecule has 0 aliphatic heterocycles. The van der Waals surface area contributed by atoms with E-state index < -0.39 is 11.6 Å². The van der Waals surface area contributed by atoms with E-state index in [1.165, 1.54) is 11.6 Å². The summed E-state index contributed by atoms with van der Waals surface area (Å²) >= 11 is 0. The lowest BCUT2D eigenvalue weighted by Crippen LogP contribution is -2.05. The summed E-state index contributed by atoms with van der Waals surface area (Å²) in [6.45, 7) is 0. The van der Waals surface area contributed by atoms with Crippen LogP contribution in [0.2, 0.25) is 0 Å². The van der Waals surface area contributed by atoms with Gasteiger partial charge in [-0.1, -0.05) is 36.4 Å². The Labute approximate surface area is 128 Å². The van der Waals surface area contributed by atoms with E-state index in [0.29, 0.717) is 5.56 Å². The highest BCUT2D eigenvalue weighted by atomic mass is 19.2. The van der Waals surface area contributed by atoms with E-state index in [2.05, 4.69) is 18.2 Å². The lowest BCUT2D eigenvalue weighted by Gasteiger charge is -2.22. The van der Waals surface area contributed by atoms with Crippen LogP contribution >= 0.6 is 0 Å². The zero-order chi connectivity index (χ0) is 15.5. The Bertz CT molecular complexity index is 732. The normalized spacial score (nSPS) is 17.7. The number of benzene rings is 2. The standard InChI is InChI=1S/C19H16F2O/c1-22-17-10-15(13-5-3-2-4-6-13)9-16(11-17)14-7-8-18(20)19(21)12-14/h2-8,10-12,15H,9H2,1H3. The Hall–Kier alpha value is -2.42. The van der Waals surface area contributed by atoms with E-state index in [1.54, 1.807) is 13.2 Å². The van der Waals surface area contributed by atoms with Crippen molar-refractivity contribution in [2.45, 2.75) is 12.3 Å². The fourth-order valence-electron chi connectivity index (χ4n) is 2.71. The van der Waals surface area contributed by atoms with Gasteiger partial charge in [0.05, 0.1) is 7.11 Å². The van der Waals surface area contributed by atoms with Gasteiger partial charge in [-0.15, -0.1) is 0 Å². The molecule has 1 aliphatic carbocycles. The Morgan fingerprint density at radius 2 is 1.77 bits per heavy atom. The molecule has 0 fully saturated rings. The summed E-state index contributed by atoms with van der Waals surface area (Å²) in [7, 11) is 1.61. The second-order valence-electron chi connectivity index (χ2n) is 5.29. The summed E-state index contributed by atoms with van der Waals surface area (Å²) in [4.78, 5) is 0. The summed E-state index contributed by atoms with van der Waals surface area (Å²) in [6, 6.07) is 14.1. The monoisotopic (exact) mass is 298 g/mol. The van der Waals surface area contributed by atoms with Gasteiger partial charge in [0, 0.05) is 5.92 Å². The molecule has 0 heterocycles. The molecule has 0 saturated carbocycles. The van der Waals surface area contributed by atoms with Crippen LogP contribution in [-0.4, -0.2) is 7.11 Å². The maximum atomic E-state index is 13.5. The molecule has 0 bridgehead atoms. The average molecular weight is 298 g/mol. The highest BCUT2D eigenvalue weighted by Crippen LogP contribution is 2.36. The van der Waals surface area contributed by atoms with Crippen LogP contribution < -0.4 is 0 Å². The highest BCUT2D eigenvalue weighted by molar-refractivity contribution is 5.70. The molecule has 1 atom stereocenters. The van der Waals surface area contributed by atoms with Gasteiger partial charge in [-0.05, 0) is 47.4 Å². The molecule has 2 aromatic carbocycles. The molecular formula is C19H16F2O. The first-order valence-corrected chi connectivity index (χ1v) is 7.14. The highest BCUT2D eigenvalue weighted by Gasteiger charge is 2.19. The van der Waals surface area contributed by atoms with Crippen LogP contribution in [-0.2, 0) is 4.74 Å². The third kappa shape index (κ3) is 2.93. The topological polar surface area (TPSA) is 9.23 Å². The molecule has 1 aliphatic rings. The largest absolute Gasteiger partial charge is 0.497 e. The number of allylic oxidation sites excluding steroid dienone is 3. The first-order chi connectivity index (χ1) is 10.7. The van der Waals surface area contributed by atoms with Crippen LogP contribution in [0.1, 0.15) is 23.5 Å². The van der Waals surface area contributed by atoms with Crippen LogP contribution in [0, 0.1) is 11.6 Å². The van der Waals surface area contributed by atoms with E-state index in [0.717, 1.165) is 23.8 Å². The number of halogens is 2. The molecule has 0 aromatic heterocycles. The predicted molar refractivity (Wildman–Crippen MR) is 83.2 cm³/mol. The van der Waals surface area contributed by atoms with Crippen molar-refractivity contribution in [3.8, 4) is 0 Å². The van der Waals surface area contributed by atoms with E-state index in [1.807, 2.05) is 24.3 Å². The summed E-state index contributed by atoms with van der Waals surface area (Å²) in [6.07, 6.45) is 4.66. The van der Waals surface area contributed by atoms with Crippen molar-refractivity contribution < 1.29 is 13.5 Å². The molecule has 2 aromatic rings. The van der Waals surface area contributed by atoms with E-state index >= 15 is 0 Å². The van der Waals surface area contributed by atoms with Gasteiger partial charge in [0.1, 0.15) is 5.76 Å². The molecule has 0 N–H and O–H groups in total. The Morgan fingerprint density at radius 3 is 2.45 bits per heavy atom. The van der Waals surface area contributed by atoms with Crippen molar-refractivity contribution in [3.05, 3.63) is 89.2 Å². The first kappa shape index (κ1) is 14.5. The molecular weight excluding hydrogens is 282 g/mol. The van der Waals surface area contributed by atoms with Gasteiger partial charge in [0.25, 0.3) is 0 Å². The zero-order valence-electron chi connectivity index (χ0n) is 12.2. The van der Waals surface area contributed by atoms with Gasteiger partial charge in [0.15, 0.2) is 11.6 Å². The van der Waals surface area contributed by atoms with Crippen LogP contribution in [0.3, 0.4) is 0 Å². The molecule has 0 saturated heterocycles. The fraction of sp³-hybridized carbons (Fsp3) is 0.158. The molecule has 3 heteroatoms. The van der Waals surface area contributed by atoms with E-state index in [4.69, 9.17) is 4.74 Å². The molecule has 1 unspecified atom stereocenters. The molecule has 1 nitrogen and oxygen atoms in total. The van der Waals surface area contributed by atoms with Crippen LogP contribution in [0.25, 0.3) is 5.57 Å². The maximum Gasteiger partial charge on any atom is 0.159 e. The SMILES string of the molecule is COC1=CC(c2ccccc2)CC(c2ccc(F)c(F)c2)=C1. The molecule has 0 amide bonds. The van der Waals surface area contributed by atoms with Crippen LogP contribution in [0.4, 0.5) is 8.78 Å². The Morgan fingerprint density at radius 1 is 1.00 bits per heavy atom. The third-order valence-electron chi connectivity index (χ3n) is 3.88. The van der Waals surface area contributed by atoms with Gasteiger partial charge in [0.2, 0.25) is 0 Å². The van der Waals surface area contributed by atoms with Crippen LogP contribution in [0.5, 0.6) is 0 Å².